The third-order valence-corrected chi connectivity index (χ3v) is 5.98. The second-order valence-electron chi connectivity index (χ2n) is 5.77. The van der Waals surface area contributed by atoms with E-state index in [9.17, 15) is 4.79 Å². The standard InChI is InChI=1S/C19H15N3O3S2/c1-11-15(27-18(20-11)14-9-6-10-26-14)19(23)24-12(2)16-21-22-17(25-16)13-7-4-3-5-8-13/h3-10,12H,1-2H3/t12-/m0/s1. The number of nitrogens with zero attached hydrogens (tertiary/aromatic N) is 3. The minimum absolute atomic E-state index is 0.253. The van der Waals surface area contributed by atoms with Crippen molar-refractivity contribution in [2.45, 2.75) is 20.0 Å². The maximum Gasteiger partial charge on any atom is 0.351 e. The Kier molecular flexibility index (Phi) is 4.83. The first-order chi connectivity index (χ1) is 13.1. The maximum atomic E-state index is 12.6. The van der Waals surface area contributed by atoms with E-state index < -0.39 is 12.1 Å². The molecule has 0 aliphatic heterocycles. The Morgan fingerprint density at radius 2 is 1.96 bits per heavy atom. The molecule has 0 aliphatic carbocycles. The minimum atomic E-state index is -0.658. The van der Waals surface area contributed by atoms with Gasteiger partial charge in [0.15, 0.2) is 6.10 Å². The van der Waals surface area contributed by atoms with Crippen molar-refractivity contribution in [3.05, 3.63) is 64.3 Å². The van der Waals surface area contributed by atoms with Gasteiger partial charge in [-0.15, -0.1) is 32.9 Å². The van der Waals surface area contributed by atoms with E-state index in [-0.39, 0.29) is 5.89 Å². The van der Waals surface area contributed by atoms with Crippen LogP contribution in [0.15, 0.2) is 52.3 Å². The van der Waals surface area contributed by atoms with Crippen molar-refractivity contribution in [1.82, 2.24) is 15.2 Å². The molecule has 1 atom stereocenters. The number of thiophene rings is 1. The summed E-state index contributed by atoms with van der Waals surface area (Å²) in [5, 5.41) is 10.8. The van der Waals surface area contributed by atoms with Crippen LogP contribution in [0, 0.1) is 6.92 Å². The highest BCUT2D eigenvalue weighted by Gasteiger charge is 2.23. The molecule has 0 fully saturated rings. The largest absolute Gasteiger partial charge is 0.448 e. The van der Waals surface area contributed by atoms with Crippen molar-refractivity contribution in [1.29, 1.82) is 0 Å². The molecule has 4 aromatic rings. The third-order valence-electron chi connectivity index (χ3n) is 3.81. The molecule has 0 aliphatic rings. The van der Waals surface area contributed by atoms with Crippen molar-refractivity contribution < 1.29 is 13.9 Å². The fourth-order valence-corrected chi connectivity index (χ4v) is 4.20. The minimum Gasteiger partial charge on any atom is -0.448 e. The zero-order chi connectivity index (χ0) is 18.8. The third kappa shape index (κ3) is 3.67. The molecule has 0 bridgehead atoms. The normalized spacial score (nSPS) is 12.1. The molecule has 0 radical (unpaired) electrons. The van der Waals surface area contributed by atoms with Crippen LogP contribution in [0.3, 0.4) is 0 Å². The molecule has 27 heavy (non-hydrogen) atoms. The van der Waals surface area contributed by atoms with Gasteiger partial charge in [0.1, 0.15) is 9.88 Å². The summed E-state index contributed by atoms with van der Waals surface area (Å²) in [4.78, 5) is 18.6. The van der Waals surface area contributed by atoms with E-state index in [0.29, 0.717) is 16.5 Å². The van der Waals surface area contributed by atoms with Gasteiger partial charge in [-0.3, -0.25) is 0 Å². The number of carbonyl (C=O) groups is 1. The van der Waals surface area contributed by atoms with Gasteiger partial charge in [-0.05, 0) is 37.4 Å². The molecule has 0 unspecified atom stereocenters. The number of esters is 1. The monoisotopic (exact) mass is 397 g/mol. The predicted octanol–water partition coefficient (Wildman–Crippen LogP) is 5.15. The van der Waals surface area contributed by atoms with Crippen LogP contribution in [-0.2, 0) is 4.74 Å². The average molecular weight is 397 g/mol. The second-order valence-corrected chi connectivity index (χ2v) is 7.72. The highest BCUT2D eigenvalue weighted by Crippen LogP contribution is 2.32. The number of benzene rings is 1. The number of aromatic nitrogens is 3. The van der Waals surface area contributed by atoms with E-state index in [1.165, 1.54) is 11.3 Å². The van der Waals surface area contributed by atoms with E-state index in [2.05, 4.69) is 15.2 Å². The number of hydrogen-bond acceptors (Lipinski definition) is 8. The van der Waals surface area contributed by atoms with Crippen LogP contribution < -0.4 is 0 Å². The van der Waals surface area contributed by atoms with Gasteiger partial charge in [0.25, 0.3) is 5.89 Å². The van der Waals surface area contributed by atoms with E-state index in [4.69, 9.17) is 9.15 Å². The summed E-state index contributed by atoms with van der Waals surface area (Å²) >= 11 is 2.91. The van der Waals surface area contributed by atoms with Crippen LogP contribution in [0.5, 0.6) is 0 Å². The van der Waals surface area contributed by atoms with Crippen molar-refractivity contribution in [2.75, 3.05) is 0 Å². The molecule has 6 nitrogen and oxygen atoms in total. The van der Waals surface area contributed by atoms with Gasteiger partial charge in [0.05, 0.1) is 10.6 Å². The topological polar surface area (TPSA) is 78.1 Å². The molecule has 1 aromatic carbocycles. The van der Waals surface area contributed by atoms with Gasteiger partial charge in [0, 0.05) is 5.56 Å². The Balaban J connectivity index is 1.49. The summed E-state index contributed by atoms with van der Waals surface area (Å²) in [6.07, 6.45) is -0.658. The molecule has 136 valence electrons. The smallest absolute Gasteiger partial charge is 0.351 e. The van der Waals surface area contributed by atoms with E-state index >= 15 is 0 Å². The summed E-state index contributed by atoms with van der Waals surface area (Å²) < 4.78 is 11.2. The van der Waals surface area contributed by atoms with Crippen LogP contribution in [-0.4, -0.2) is 21.2 Å². The SMILES string of the molecule is Cc1nc(-c2cccs2)sc1C(=O)O[C@@H](C)c1nnc(-c2ccccc2)o1. The molecule has 8 heteroatoms. The first-order valence-electron chi connectivity index (χ1n) is 8.23. The molecular formula is C19H15N3O3S2. The zero-order valence-electron chi connectivity index (χ0n) is 14.6. The van der Waals surface area contributed by atoms with Gasteiger partial charge >= 0.3 is 5.97 Å². The lowest BCUT2D eigenvalue weighted by atomic mass is 10.2. The van der Waals surface area contributed by atoms with E-state index in [0.717, 1.165) is 15.4 Å². The average Bonchev–Trinajstić information content (AvgIpc) is 3.42. The number of ether oxygens (including phenoxy) is 1. The fraction of sp³-hybridized carbons (Fsp3) is 0.158. The van der Waals surface area contributed by atoms with Crippen molar-refractivity contribution in [2.24, 2.45) is 0 Å². The van der Waals surface area contributed by atoms with Gasteiger partial charge in [0.2, 0.25) is 5.89 Å². The van der Waals surface area contributed by atoms with Crippen LogP contribution in [0.2, 0.25) is 0 Å². The van der Waals surface area contributed by atoms with Crippen LogP contribution in [0.4, 0.5) is 0 Å². The number of rotatable bonds is 5. The number of thiazole rings is 1. The molecule has 4 rings (SSSR count). The lowest BCUT2D eigenvalue weighted by Crippen LogP contribution is -2.09. The Morgan fingerprint density at radius 1 is 1.15 bits per heavy atom. The summed E-state index contributed by atoms with van der Waals surface area (Å²) in [6, 6.07) is 13.4. The van der Waals surface area contributed by atoms with Gasteiger partial charge < -0.3 is 9.15 Å². The number of carbonyl (C=O) groups excluding carboxylic acids is 1. The number of hydrogen-bond donors (Lipinski definition) is 0. The summed E-state index contributed by atoms with van der Waals surface area (Å²) in [5.41, 5.74) is 1.46. The van der Waals surface area contributed by atoms with E-state index in [1.54, 1.807) is 25.2 Å². The van der Waals surface area contributed by atoms with Crippen molar-refractivity contribution >= 4 is 28.6 Å². The first kappa shape index (κ1) is 17.6. The van der Waals surface area contributed by atoms with Crippen LogP contribution >= 0.6 is 22.7 Å². The molecule has 0 spiro atoms. The number of aryl methyl sites for hydroxylation is 1. The highest BCUT2D eigenvalue weighted by atomic mass is 32.1. The van der Waals surface area contributed by atoms with E-state index in [1.807, 2.05) is 47.8 Å². The highest BCUT2D eigenvalue weighted by molar-refractivity contribution is 7.22. The molecule has 0 N–H and O–H groups in total. The quantitative estimate of drug-likeness (QED) is 0.434. The Labute approximate surface area is 163 Å². The van der Waals surface area contributed by atoms with Gasteiger partial charge in [-0.2, -0.15) is 0 Å². The molecule has 3 heterocycles. The Hall–Kier alpha value is -2.84. The lowest BCUT2D eigenvalue weighted by molar-refractivity contribution is 0.0284. The second kappa shape index (κ2) is 7.42. The molecule has 0 saturated heterocycles. The van der Waals surface area contributed by atoms with Crippen LogP contribution in [0.25, 0.3) is 21.3 Å². The Morgan fingerprint density at radius 3 is 2.70 bits per heavy atom. The van der Waals surface area contributed by atoms with Crippen molar-refractivity contribution in [3.8, 4) is 21.3 Å². The van der Waals surface area contributed by atoms with Gasteiger partial charge in [-0.1, -0.05) is 24.3 Å². The zero-order valence-corrected chi connectivity index (χ0v) is 16.2. The molecule has 0 amide bonds. The summed E-state index contributed by atoms with van der Waals surface area (Å²) in [6.45, 7) is 3.51. The van der Waals surface area contributed by atoms with Crippen LogP contribution in [0.1, 0.15) is 34.3 Å². The van der Waals surface area contributed by atoms with Gasteiger partial charge in [-0.25, -0.2) is 9.78 Å². The predicted molar refractivity (Wildman–Crippen MR) is 104 cm³/mol. The lowest BCUT2D eigenvalue weighted by Gasteiger charge is -2.08. The van der Waals surface area contributed by atoms with Crippen molar-refractivity contribution in [3.63, 3.8) is 0 Å². The fourth-order valence-electron chi connectivity index (χ4n) is 2.45. The molecular weight excluding hydrogens is 382 g/mol. The molecule has 0 saturated carbocycles. The summed E-state index contributed by atoms with van der Waals surface area (Å²) in [7, 11) is 0. The Bertz CT molecular complexity index is 1060. The maximum absolute atomic E-state index is 12.6. The summed E-state index contributed by atoms with van der Waals surface area (Å²) in [5.74, 6) is 0.199. The molecule has 3 aromatic heterocycles. The first-order valence-corrected chi connectivity index (χ1v) is 9.92.